The van der Waals surface area contributed by atoms with Crippen molar-refractivity contribution in [3.05, 3.63) is 101 Å². The van der Waals surface area contributed by atoms with Crippen LogP contribution in [0.5, 0.6) is 0 Å². The highest BCUT2D eigenvalue weighted by molar-refractivity contribution is 6.04. The Morgan fingerprint density at radius 3 is 2.27 bits per heavy atom. The molecule has 0 aromatic heterocycles. The van der Waals surface area contributed by atoms with Gasteiger partial charge in [-0.15, -0.1) is 0 Å². The minimum Gasteiger partial charge on any atom is -0.465 e. The lowest BCUT2D eigenvalue weighted by Crippen LogP contribution is -2.29. The SMILES string of the molecule is COC(=O)c1ccc(NC(=O)c2ccc(CN3CCc4ccccc4C3)cc2)cc1. The second kappa shape index (κ2) is 8.93. The number of fused-ring (bicyclic) bond motifs is 1. The zero-order valence-corrected chi connectivity index (χ0v) is 16.9. The van der Waals surface area contributed by atoms with Crippen LogP contribution in [0.2, 0.25) is 0 Å². The first-order valence-corrected chi connectivity index (χ1v) is 10.0. The molecule has 30 heavy (non-hydrogen) atoms. The lowest BCUT2D eigenvalue weighted by Gasteiger charge is -2.28. The molecule has 1 amide bonds. The molecule has 0 saturated carbocycles. The molecule has 1 heterocycles. The van der Waals surface area contributed by atoms with Crippen LogP contribution in [0, 0.1) is 0 Å². The molecule has 1 aliphatic heterocycles. The predicted molar refractivity (Wildman–Crippen MR) is 116 cm³/mol. The van der Waals surface area contributed by atoms with Crippen LogP contribution in [0.1, 0.15) is 37.4 Å². The minimum absolute atomic E-state index is 0.181. The molecule has 1 N–H and O–H groups in total. The molecule has 152 valence electrons. The number of anilines is 1. The van der Waals surface area contributed by atoms with Crippen LogP contribution in [0.15, 0.2) is 72.8 Å². The van der Waals surface area contributed by atoms with Gasteiger partial charge in [0.1, 0.15) is 0 Å². The number of nitrogens with zero attached hydrogens (tertiary/aromatic N) is 1. The van der Waals surface area contributed by atoms with Crippen LogP contribution in [-0.2, 0) is 24.2 Å². The predicted octanol–water partition coefficient (Wildman–Crippen LogP) is 4.28. The summed E-state index contributed by atoms with van der Waals surface area (Å²) in [5.41, 5.74) is 5.70. The first-order valence-electron chi connectivity index (χ1n) is 10.0. The van der Waals surface area contributed by atoms with Crippen molar-refractivity contribution in [2.45, 2.75) is 19.5 Å². The van der Waals surface area contributed by atoms with Crippen molar-refractivity contribution in [3.8, 4) is 0 Å². The van der Waals surface area contributed by atoms with Crippen LogP contribution in [0.25, 0.3) is 0 Å². The minimum atomic E-state index is -0.402. The van der Waals surface area contributed by atoms with E-state index in [0.29, 0.717) is 16.8 Å². The van der Waals surface area contributed by atoms with Crippen molar-refractivity contribution in [1.82, 2.24) is 4.90 Å². The Hall–Kier alpha value is -3.44. The first-order chi connectivity index (χ1) is 14.6. The highest BCUT2D eigenvalue weighted by Gasteiger charge is 2.16. The number of methoxy groups -OCH3 is 1. The van der Waals surface area contributed by atoms with E-state index in [1.165, 1.54) is 23.8 Å². The maximum Gasteiger partial charge on any atom is 0.337 e. The molecule has 0 unspecified atom stereocenters. The van der Waals surface area contributed by atoms with Crippen LogP contribution in [0.4, 0.5) is 5.69 Å². The number of esters is 1. The van der Waals surface area contributed by atoms with Gasteiger partial charge in [-0.2, -0.15) is 0 Å². The van der Waals surface area contributed by atoms with Gasteiger partial charge in [-0.3, -0.25) is 9.69 Å². The number of nitrogens with one attached hydrogen (secondary N) is 1. The summed E-state index contributed by atoms with van der Waals surface area (Å²) >= 11 is 0. The molecular formula is C25H24N2O3. The fourth-order valence-electron chi connectivity index (χ4n) is 3.72. The van der Waals surface area contributed by atoms with Crippen molar-refractivity contribution < 1.29 is 14.3 Å². The summed E-state index contributed by atoms with van der Waals surface area (Å²) in [6.07, 6.45) is 1.07. The molecule has 0 atom stereocenters. The van der Waals surface area contributed by atoms with Gasteiger partial charge < -0.3 is 10.1 Å². The Morgan fingerprint density at radius 1 is 0.900 bits per heavy atom. The van der Waals surface area contributed by atoms with Crippen molar-refractivity contribution in [3.63, 3.8) is 0 Å². The van der Waals surface area contributed by atoms with E-state index in [1.54, 1.807) is 24.3 Å². The highest BCUT2D eigenvalue weighted by atomic mass is 16.5. The van der Waals surface area contributed by atoms with Gasteiger partial charge in [-0.05, 0) is 59.5 Å². The maximum absolute atomic E-state index is 12.5. The van der Waals surface area contributed by atoms with Gasteiger partial charge in [-0.25, -0.2) is 4.79 Å². The van der Waals surface area contributed by atoms with E-state index in [-0.39, 0.29) is 5.91 Å². The highest BCUT2D eigenvalue weighted by Crippen LogP contribution is 2.20. The molecule has 3 aromatic carbocycles. The van der Waals surface area contributed by atoms with Crippen molar-refractivity contribution in [1.29, 1.82) is 0 Å². The number of carbonyl (C=O) groups is 2. The van der Waals surface area contributed by atoms with Crippen molar-refractivity contribution >= 4 is 17.6 Å². The van der Waals surface area contributed by atoms with E-state index in [1.807, 2.05) is 24.3 Å². The molecule has 4 rings (SSSR count). The Morgan fingerprint density at radius 2 is 1.57 bits per heavy atom. The van der Waals surface area contributed by atoms with E-state index in [9.17, 15) is 9.59 Å². The van der Waals surface area contributed by atoms with Crippen molar-refractivity contribution in [2.24, 2.45) is 0 Å². The number of rotatable bonds is 5. The van der Waals surface area contributed by atoms with E-state index in [4.69, 9.17) is 0 Å². The number of carbonyl (C=O) groups excluding carboxylic acids is 2. The monoisotopic (exact) mass is 400 g/mol. The summed E-state index contributed by atoms with van der Waals surface area (Å²) in [5, 5.41) is 2.85. The summed E-state index contributed by atoms with van der Waals surface area (Å²) < 4.78 is 4.68. The van der Waals surface area contributed by atoms with E-state index < -0.39 is 5.97 Å². The van der Waals surface area contributed by atoms with Gasteiger partial charge in [0.05, 0.1) is 12.7 Å². The summed E-state index contributed by atoms with van der Waals surface area (Å²) in [5.74, 6) is -0.583. The average Bonchev–Trinajstić information content (AvgIpc) is 2.79. The zero-order chi connectivity index (χ0) is 20.9. The molecule has 0 radical (unpaired) electrons. The largest absolute Gasteiger partial charge is 0.465 e. The molecular weight excluding hydrogens is 376 g/mol. The van der Waals surface area contributed by atoms with Crippen molar-refractivity contribution in [2.75, 3.05) is 19.0 Å². The molecule has 0 bridgehead atoms. The second-order valence-electron chi connectivity index (χ2n) is 7.45. The van der Waals surface area contributed by atoms with Gasteiger partial charge in [-0.1, -0.05) is 36.4 Å². The molecule has 0 saturated heterocycles. The Balaban J connectivity index is 1.35. The molecule has 0 spiro atoms. The lowest BCUT2D eigenvalue weighted by atomic mass is 9.99. The van der Waals surface area contributed by atoms with Crippen LogP contribution >= 0.6 is 0 Å². The lowest BCUT2D eigenvalue weighted by molar-refractivity contribution is 0.0600. The summed E-state index contributed by atoms with van der Waals surface area (Å²) in [4.78, 5) is 26.4. The Labute approximate surface area is 176 Å². The fourth-order valence-corrected chi connectivity index (χ4v) is 3.72. The Bertz CT molecular complexity index is 1040. The van der Waals surface area contributed by atoms with Gasteiger partial charge in [0.15, 0.2) is 0 Å². The second-order valence-corrected chi connectivity index (χ2v) is 7.45. The average molecular weight is 400 g/mol. The number of hydrogen-bond acceptors (Lipinski definition) is 4. The molecule has 1 aliphatic rings. The number of amides is 1. The standard InChI is InChI=1S/C25H24N2O3/c1-30-25(29)21-10-12-23(13-11-21)26-24(28)20-8-6-18(7-9-20)16-27-15-14-19-4-2-3-5-22(19)17-27/h2-13H,14-17H2,1H3,(H,26,28). The number of ether oxygens (including phenoxy) is 1. The summed E-state index contributed by atoms with van der Waals surface area (Å²) in [6, 6.07) is 23.0. The third-order valence-corrected chi connectivity index (χ3v) is 5.40. The third kappa shape index (κ3) is 4.58. The zero-order valence-electron chi connectivity index (χ0n) is 16.9. The Kier molecular flexibility index (Phi) is 5.91. The third-order valence-electron chi connectivity index (χ3n) is 5.40. The van der Waals surface area contributed by atoms with Gasteiger partial charge in [0.25, 0.3) is 5.91 Å². The first kappa shape index (κ1) is 19.9. The molecule has 0 aliphatic carbocycles. The normalized spacial score (nSPS) is 13.4. The van der Waals surface area contributed by atoms with Gasteiger partial charge in [0.2, 0.25) is 0 Å². The molecule has 5 nitrogen and oxygen atoms in total. The number of benzene rings is 3. The fraction of sp³-hybridized carbons (Fsp3) is 0.200. The van der Waals surface area contributed by atoms with Gasteiger partial charge in [0, 0.05) is 30.9 Å². The smallest absolute Gasteiger partial charge is 0.337 e. The molecule has 0 fully saturated rings. The van der Waals surface area contributed by atoms with Crippen LogP contribution in [0.3, 0.4) is 0 Å². The van der Waals surface area contributed by atoms with E-state index >= 15 is 0 Å². The molecule has 5 heteroatoms. The summed E-state index contributed by atoms with van der Waals surface area (Å²) in [6.45, 7) is 2.87. The van der Waals surface area contributed by atoms with Crippen LogP contribution in [-0.4, -0.2) is 30.4 Å². The molecule has 3 aromatic rings. The van der Waals surface area contributed by atoms with E-state index in [0.717, 1.165) is 26.1 Å². The number of hydrogen-bond donors (Lipinski definition) is 1. The topological polar surface area (TPSA) is 58.6 Å². The quantitative estimate of drug-likeness (QED) is 0.650. The van der Waals surface area contributed by atoms with Gasteiger partial charge >= 0.3 is 5.97 Å². The summed E-state index contributed by atoms with van der Waals surface area (Å²) in [7, 11) is 1.34. The van der Waals surface area contributed by atoms with E-state index in [2.05, 4.69) is 39.2 Å². The maximum atomic E-state index is 12.5. The van der Waals surface area contributed by atoms with Crippen LogP contribution < -0.4 is 5.32 Å².